The molecular weight excluding hydrogens is 183 g/mol. The van der Waals surface area contributed by atoms with E-state index in [1.54, 1.807) is 6.07 Å². The van der Waals surface area contributed by atoms with Crippen LogP contribution in [-0.4, -0.2) is 11.1 Å². The van der Waals surface area contributed by atoms with Crippen LogP contribution < -0.4 is 0 Å². The van der Waals surface area contributed by atoms with Crippen LogP contribution in [0, 0.1) is 5.82 Å². The lowest BCUT2D eigenvalue weighted by Gasteiger charge is -1.91. The van der Waals surface area contributed by atoms with Crippen molar-refractivity contribution in [3.8, 4) is 0 Å². The Kier molecular flexibility index (Phi) is 6.03. The van der Waals surface area contributed by atoms with Gasteiger partial charge in [-0.05, 0) is 23.8 Å². The van der Waals surface area contributed by atoms with E-state index in [-0.39, 0.29) is 5.82 Å². The molecule has 3 heteroatoms. The van der Waals surface area contributed by atoms with Crippen LogP contribution in [0.1, 0.15) is 19.4 Å². The van der Waals surface area contributed by atoms with Gasteiger partial charge in [0, 0.05) is 6.08 Å². The number of carboxylic acid groups (broad SMARTS) is 1. The molecule has 0 aliphatic carbocycles. The Morgan fingerprint density at radius 1 is 1.43 bits per heavy atom. The Morgan fingerprint density at radius 3 is 2.57 bits per heavy atom. The summed E-state index contributed by atoms with van der Waals surface area (Å²) in [7, 11) is 0. The Bertz CT molecular complexity index is 319. The van der Waals surface area contributed by atoms with Gasteiger partial charge < -0.3 is 5.11 Å². The number of carboxylic acids is 1. The molecule has 0 bridgehead atoms. The maximum atomic E-state index is 12.5. The van der Waals surface area contributed by atoms with Gasteiger partial charge in [-0.2, -0.15) is 0 Å². The molecule has 0 aliphatic heterocycles. The summed E-state index contributed by atoms with van der Waals surface area (Å²) in [4.78, 5) is 10.1. The van der Waals surface area contributed by atoms with Crippen molar-refractivity contribution in [3.05, 3.63) is 41.7 Å². The zero-order valence-corrected chi connectivity index (χ0v) is 8.20. The molecule has 1 rings (SSSR count). The summed E-state index contributed by atoms with van der Waals surface area (Å²) in [6.45, 7) is 4.00. The standard InChI is InChI=1S/C9H7FO2.C2H6/c10-8-3-1-2-7(6-8)4-5-9(11)12;1-2/h1-6H,(H,11,12);1-2H3/b5-4+;. The normalized spacial score (nSPS) is 9.36. The molecule has 0 amide bonds. The third kappa shape index (κ3) is 5.09. The third-order valence-corrected chi connectivity index (χ3v) is 1.27. The van der Waals surface area contributed by atoms with Gasteiger partial charge in [0.15, 0.2) is 0 Å². The molecule has 0 saturated carbocycles. The number of halogens is 1. The molecule has 14 heavy (non-hydrogen) atoms. The van der Waals surface area contributed by atoms with E-state index in [1.165, 1.54) is 24.3 Å². The fraction of sp³-hybridized carbons (Fsp3) is 0.182. The second-order valence-corrected chi connectivity index (χ2v) is 2.23. The first-order valence-electron chi connectivity index (χ1n) is 4.35. The average Bonchev–Trinajstić information content (AvgIpc) is 2.18. The minimum absolute atomic E-state index is 0.373. The second-order valence-electron chi connectivity index (χ2n) is 2.23. The molecule has 76 valence electrons. The summed E-state index contributed by atoms with van der Waals surface area (Å²) in [5.41, 5.74) is 0.539. The molecule has 0 spiro atoms. The molecule has 1 aromatic carbocycles. The van der Waals surface area contributed by atoms with Crippen molar-refractivity contribution in [2.75, 3.05) is 0 Å². The maximum absolute atomic E-state index is 12.5. The predicted octanol–water partition coefficient (Wildman–Crippen LogP) is 2.95. The zero-order valence-electron chi connectivity index (χ0n) is 8.20. The lowest BCUT2D eigenvalue weighted by Crippen LogP contribution is -1.85. The van der Waals surface area contributed by atoms with Gasteiger partial charge in [-0.1, -0.05) is 26.0 Å². The highest BCUT2D eigenvalue weighted by molar-refractivity contribution is 5.85. The fourth-order valence-corrected chi connectivity index (χ4v) is 0.778. The van der Waals surface area contributed by atoms with E-state index in [0.29, 0.717) is 5.56 Å². The quantitative estimate of drug-likeness (QED) is 0.738. The van der Waals surface area contributed by atoms with Crippen LogP contribution in [0.25, 0.3) is 6.08 Å². The largest absolute Gasteiger partial charge is 0.478 e. The van der Waals surface area contributed by atoms with Crippen LogP contribution in [0.4, 0.5) is 4.39 Å². The third-order valence-electron chi connectivity index (χ3n) is 1.27. The molecule has 2 nitrogen and oxygen atoms in total. The topological polar surface area (TPSA) is 37.3 Å². The van der Waals surface area contributed by atoms with Gasteiger partial charge in [0.1, 0.15) is 5.82 Å². The van der Waals surface area contributed by atoms with E-state index in [0.717, 1.165) is 6.08 Å². The van der Waals surface area contributed by atoms with Gasteiger partial charge in [0.25, 0.3) is 0 Å². The summed E-state index contributed by atoms with van der Waals surface area (Å²) in [5, 5.41) is 8.26. The van der Waals surface area contributed by atoms with E-state index in [2.05, 4.69) is 0 Å². The van der Waals surface area contributed by atoms with Crippen LogP contribution in [0.3, 0.4) is 0 Å². The maximum Gasteiger partial charge on any atom is 0.328 e. The molecule has 0 fully saturated rings. The number of benzene rings is 1. The SMILES string of the molecule is CC.O=C(O)/C=C/c1cccc(F)c1. The first kappa shape index (κ1) is 12.4. The van der Waals surface area contributed by atoms with Gasteiger partial charge in [-0.15, -0.1) is 0 Å². The first-order valence-corrected chi connectivity index (χ1v) is 4.35. The van der Waals surface area contributed by atoms with E-state index >= 15 is 0 Å². The molecule has 0 aromatic heterocycles. The number of carbonyl (C=O) groups is 1. The zero-order chi connectivity index (χ0) is 11.0. The minimum atomic E-state index is -1.04. The number of rotatable bonds is 2. The summed E-state index contributed by atoms with van der Waals surface area (Å²) in [6, 6.07) is 5.72. The van der Waals surface area contributed by atoms with E-state index in [9.17, 15) is 9.18 Å². The monoisotopic (exact) mass is 196 g/mol. The molecule has 0 radical (unpaired) electrons. The summed E-state index contributed by atoms with van der Waals surface area (Å²) in [5.74, 6) is -1.41. The highest BCUT2D eigenvalue weighted by atomic mass is 19.1. The van der Waals surface area contributed by atoms with Crippen molar-refractivity contribution in [3.63, 3.8) is 0 Å². The van der Waals surface area contributed by atoms with Gasteiger partial charge in [-0.3, -0.25) is 0 Å². The van der Waals surface area contributed by atoms with Crippen LogP contribution in [0.5, 0.6) is 0 Å². The van der Waals surface area contributed by atoms with Crippen LogP contribution in [0.15, 0.2) is 30.3 Å². The number of hydrogen-bond donors (Lipinski definition) is 1. The van der Waals surface area contributed by atoms with Gasteiger partial charge in [0.2, 0.25) is 0 Å². The Labute approximate surface area is 82.7 Å². The van der Waals surface area contributed by atoms with Crippen LogP contribution in [-0.2, 0) is 4.79 Å². The van der Waals surface area contributed by atoms with Gasteiger partial charge in [-0.25, -0.2) is 9.18 Å². The lowest BCUT2D eigenvalue weighted by atomic mass is 10.2. The molecule has 1 aromatic rings. The van der Waals surface area contributed by atoms with E-state index < -0.39 is 5.97 Å². The summed E-state index contributed by atoms with van der Waals surface area (Å²) in [6.07, 6.45) is 2.31. The first-order chi connectivity index (χ1) is 6.68. The highest BCUT2D eigenvalue weighted by Gasteiger charge is 1.91. The van der Waals surface area contributed by atoms with Crippen molar-refractivity contribution in [2.24, 2.45) is 0 Å². The minimum Gasteiger partial charge on any atom is -0.478 e. The molecule has 1 N–H and O–H groups in total. The number of hydrogen-bond acceptors (Lipinski definition) is 1. The molecule has 0 heterocycles. The van der Waals surface area contributed by atoms with Crippen molar-refractivity contribution < 1.29 is 14.3 Å². The molecule has 0 aliphatic rings. The van der Waals surface area contributed by atoms with Crippen LogP contribution >= 0.6 is 0 Å². The second kappa shape index (κ2) is 6.83. The summed E-state index contributed by atoms with van der Waals surface area (Å²) < 4.78 is 12.5. The van der Waals surface area contributed by atoms with E-state index in [4.69, 9.17) is 5.11 Å². The van der Waals surface area contributed by atoms with Gasteiger partial charge in [0.05, 0.1) is 0 Å². The Hall–Kier alpha value is -1.64. The summed E-state index contributed by atoms with van der Waals surface area (Å²) >= 11 is 0. The molecular formula is C11H13FO2. The predicted molar refractivity (Wildman–Crippen MR) is 54.4 cm³/mol. The van der Waals surface area contributed by atoms with Crippen molar-refractivity contribution >= 4 is 12.0 Å². The van der Waals surface area contributed by atoms with Crippen molar-refractivity contribution in [2.45, 2.75) is 13.8 Å². The van der Waals surface area contributed by atoms with Gasteiger partial charge >= 0.3 is 5.97 Å². The Morgan fingerprint density at radius 2 is 2.07 bits per heavy atom. The van der Waals surface area contributed by atoms with Crippen molar-refractivity contribution in [1.29, 1.82) is 0 Å². The fourth-order valence-electron chi connectivity index (χ4n) is 0.778. The van der Waals surface area contributed by atoms with E-state index in [1.807, 2.05) is 13.8 Å². The molecule has 0 unspecified atom stereocenters. The molecule has 0 saturated heterocycles. The highest BCUT2D eigenvalue weighted by Crippen LogP contribution is 2.04. The molecule has 0 atom stereocenters. The van der Waals surface area contributed by atoms with Crippen LogP contribution in [0.2, 0.25) is 0 Å². The smallest absolute Gasteiger partial charge is 0.328 e. The average molecular weight is 196 g/mol. The lowest BCUT2D eigenvalue weighted by molar-refractivity contribution is -0.131. The van der Waals surface area contributed by atoms with Crippen molar-refractivity contribution in [1.82, 2.24) is 0 Å². The Balaban J connectivity index is 0.000000791. The number of aliphatic carboxylic acids is 1.